The maximum Gasteiger partial charge on any atom is 0.224 e. The Bertz CT molecular complexity index is 1000. The van der Waals surface area contributed by atoms with Crippen LogP contribution in [-0.2, 0) is 11.2 Å². The van der Waals surface area contributed by atoms with Crippen LogP contribution in [0.3, 0.4) is 0 Å². The van der Waals surface area contributed by atoms with E-state index in [9.17, 15) is 4.79 Å². The maximum atomic E-state index is 12.5. The van der Waals surface area contributed by atoms with Crippen molar-refractivity contribution in [3.8, 4) is 11.1 Å². The van der Waals surface area contributed by atoms with E-state index in [0.717, 1.165) is 23.0 Å². The highest BCUT2D eigenvalue weighted by Gasteiger charge is 2.17. The van der Waals surface area contributed by atoms with E-state index < -0.39 is 0 Å². The van der Waals surface area contributed by atoms with Gasteiger partial charge in [-0.3, -0.25) is 4.79 Å². The fourth-order valence-corrected chi connectivity index (χ4v) is 4.71. The van der Waals surface area contributed by atoms with Crippen LogP contribution >= 0.6 is 0 Å². The van der Waals surface area contributed by atoms with E-state index in [2.05, 4.69) is 71.6 Å². The third kappa shape index (κ3) is 4.76. The van der Waals surface area contributed by atoms with Gasteiger partial charge in [-0.25, -0.2) is 0 Å². The highest BCUT2D eigenvalue weighted by Crippen LogP contribution is 2.28. The topological polar surface area (TPSA) is 48.1 Å². The number of amides is 1. The predicted molar refractivity (Wildman–Crippen MR) is 125 cm³/mol. The lowest BCUT2D eigenvalue weighted by Crippen LogP contribution is -2.39. The van der Waals surface area contributed by atoms with Crippen molar-refractivity contribution in [3.05, 3.63) is 59.8 Å². The minimum absolute atomic E-state index is 0.0934. The van der Waals surface area contributed by atoms with Gasteiger partial charge < -0.3 is 15.2 Å². The molecule has 0 atom stereocenters. The molecule has 0 spiro atoms. The number of nitrogens with one attached hydrogen (secondary N) is 2. The normalized spacial score (nSPS) is 15.0. The van der Waals surface area contributed by atoms with Crippen LogP contribution in [0.4, 0.5) is 0 Å². The maximum absolute atomic E-state index is 12.5. The Kier molecular flexibility index (Phi) is 6.53. The number of likely N-dealkylation sites (N-methyl/N-ethyl adjacent to an activating group) is 1. The highest BCUT2D eigenvalue weighted by atomic mass is 16.1. The number of aromatic amines is 1. The Morgan fingerprint density at radius 3 is 2.73 bits per heavy atom. The molecule has 4 nitrogen and oxygen atoms in total. The summed E-state index contributed by atoms with van der Waals surface area (Å²) in [7, 11) is 2.19. The Hall–Kier alpha value is -2.59. The molecular formula is C26H33N3O. The van der Waals surface area contributed by atoms with E-state index >= 15 is 0 Å². The molecule has 0 aliphatic heterocycles. The first-order chi connectivity index (χ1) is 14.6. The molecule has 1 saturated carbocycles. The number of carbonyl (C=O) groups excluding carboxylic acids is 1. The zero-order valence-corrected chi connectivity index (χ0v) is 18.2. The molecule has 1 aliphatic rings. The molecule has 30 heavy (non-hydrogen) atoms. The average molecular weight is 404 g/mol. The van der Waals surface area contributed by atoms with Crippen LogP contribution < -0.4 is 5.32 Å². The van der Waals surface area contributed by atoms with Gasteiger partial charge in [0.05, 0.1) is 6.42 Å². The van der Waals surface area contributed by atoms with Gasteiger partial charge in [0.1, 0.15) is 0 Å². The molecule has 0 unspecified atom stereocenters. The minimum atomic E-state index is 0.0934. The standard InChI is InChI=1S/C26H33N3O/c1-19-8-6-7-11-23(19)20-12-13-24-21(18-28-25(24)16-20)17-26(30)27-14-15-29(2)22-9-4-3-5-10-22/h6-8,11-13,16,18,22,28H,3-5,9-10,14-15,17H2,1-2H3,(H,27,30). The number of benzene rings is 2. The van der Waals surface area contributed by atoms with Crippen LogP contribution in [0.1, 0.15) is 43.2 Å². The van der Waals surface area contributed by atoms with E-state index in [1.165, 1.54) is 48.8 Å². The fourth-order valence-electron chi connectivity index (χ4n) is 4.71. The highest BCUT2D eigenvalue weighted by molar-refractivity contribution is 5.91. The summed E-state index contributed by atoms with van der Waals surface area (Å²) in [5.41, 5.74) is 5.84. The summed E-state index contributed by atoms with van der Waals surface area (Å²) in [5.74, 6) is 0.0934. The van der Waals surface area contributed by atoms with Crippen molar-refractivity contribution in [2.45, 2.75) is 51.5 Å². The monoisotopic (exact) mass is 403 g/mol. The van der Waals surface area contributed by atoms with E-state index in [4.69, 9.17) is 0 Å². The van der Waals surface area contributed by atoms with Gasteiger partial charge in [-0.2, -0.15) is 0 Å². The van der Waals surface area contributed by atoms with Crippen LogP contribution in [0.2, 0.25) is 0 Å². The van der Waals surface area contributed by atoms with E-state index in [-0.39, 0.29) is 5.91 Å². The molecular weight excluding hydrogens is 370 g/mol. The van der Waals surface area contributed by atoms with Crippen molar-refractivity contribution in [3.63, 3.8) is 0 Å². The van der Waals surface area contributed by atoms with Crippen molar-refractivity contribution in [2.24, 2.45) is 0 Å². The van der Waals surface area contributed by atoms with Crippen LogP contribution in [0, 0.1) is 6.92 Å². The second kappa shape index (κ2) is 9.48. The number of hydrogen-bond donors (Lipinski definition) is 2. The third-order valence-electron chi connectivity index (χ3n) is 6.56. The molecule has 4 heteroatoms. The zero-order valence-electron chi connectivity index (χ0n) is 18.2. The number of carbonyl (C=O) groups is 1. The Morgan fingerprint density at radius 1 is 1.13 bits per heavy atom. The molecule has 0 saturated heterocycles. The Labute approximate surface area is 179 Å². The minimum Gasteiger partial charge on any atom is -0.361 e. The smallest absolute Gasteiger partial charge is 0.224 e. The number of nitrogens with zero attached hydrogens (tertiary/aromatic N) is 1. The Morgan fingerprint density at radius 2 is 1.93 bits per heavy atom. The van der Waals surface area contributed by atoms with Crippen molar-refractivity contribution in [1.82, 2.24) is 15.2 Å². The first-order valence-corrected chi connectivity index (χ1v) is 11.2. The first-order valence-electron chi connectivity index (χ1n) is 11.2. The molecule has 1 aromatic heterocycles. The van der Waals surface area contributed by atoms with Gasteiger partial charge in [0.25, 0.3) is 0 Å². The molecule has 4 rings (SSSR count). The van der Waals surface area contributed by atoms with Crippen molar-refractivity contribution in [2.75, 3.05) is 20.1 Å². The SMILES string of the molecule is Cc1ccccc1-c1ccc2c(CC(=O)NCCN(C)C3CCCCC3)c[nH]c2c1. The van der Waals surface area contributed by atoms with Crippen LogP contribution in [0.15, 0.2) is 48.7 Å². The van der Waals surface area contributed by atoms with Gasteiger partial charge >= 0.3 is 0 Å². The number of aromatic nitrogens is 1. The van der Waals surface area contributed by atoms with E-state index in [1.807, 2.05) is 6.20 Å². The number of H-pyrrole nitrogens is 1. The molecule has 3 aromatic rings. The number of aryl methyl sites for hydroxylation is 1. The van der Waals surface area contributed by atoms with E-state index in [0.29, 0.717) is 19.0 Å². The van der Waals surface area contributed by atoms with E-state index in [1.54, 1.807) is 0 Å². The summed E-state index contributed by atoms with van der Waals surface area (Å²) in [6, 6.07) is 15.6. The molecule has 1 amide bonds. The molecule has 1 aliphatic carbocycles. The summed E-state index contributed by atoms with van der Waals surface area (Å²) >= 11 is 0. The van der Waals surface area contributed by atoms with Crippen LogP contribution in [-0.4, -0.2) is 42.0 Å². The van der Waals surface area contributed by atoms with Crippen molar-refractivity contribution >= 4 is 16.8 Å². The quantitative estimate of drug-likeness (QED) is 0.579. The summed E-state index contributed by atoms with van der Waals surface area (Å²) in [4.78, 5) is 18.3. The molecule has 2 N–H and O–H groups in total. The van der Waals surface area contributed by atoms with Gasteiger partial charge in [0.2, 0.25) is 5.91 Å². The van der Waals surface area contributed by atoms with Crippen LogP contribution in [0.5, 0.6) is 0 Å². The van der Waals surface area contributed by atoms with Gasteiger partial charge in [-0.1, -0.05) is 55.7 Å². The number of fused-ring (bicyclic) bond motifs is 1. The second-order valence-corrected chi connectivity index (χ2v) is 8.69. The first kappa shape index (κ1) is 20.7. The molecule has 1 fully saturated rings. The molecule has 1 heterocycles. The summed E-state index contributed by atoms with van der Waals surface area (Å²) in [5, 5.41) is 4.23. The average Bonchev–Trinajstić information content (AvgIpc) is 3.16. The number of rotatable bonds is 7. The van der Waals surface area contributed by atoms with Gasteiger partial charge in [-0.15, -0.1) is 0 Å². The Balaban J connectivity index is 1.34. The fraction of sp³-hybridized carbons (Fsp3) is 0.423. The van der Waals surface area contributed by atoms with Gasteiger partial charge in [0, 0.05) is 36.2 Å². The lowest BCUT2D eigenvalue weighted by molar-refractivity contribution is -0.120. The second-order valence-electron chi connectivity index (χ2n) is 8.69. The van der Waals surface area contributed by atoms with Crippen molar-refractivity contribution in [1.29, 1.82) is 0 Å². The third-order valence-corrected chi connectivity index (χ3v) is 6.56. The molecule has 2 aromatic carbocycles. The van der Waals surface area contributed by atoms with Gasteiger partial charge in [0.15, 0.2) is 0 Å². The summed E-state index contributed by atoms with van der Waals surface area (Å²) in [6.45, 7) is 3.77. The largest absolute Gasteiger partial charge is 0.361 e. The summed E-state index contributed by atoms with van der Waals surface area (Å²) in [6.07, 6.45) is 9.03. The lowest BCUT2D eigenvalue weighted by Gasteiger charge is -2.31. The molecule has 0 bridgehead atoms. The van der Waals surface area contributed by atoms with Gasteiger partial charge in [-0.05, 0) is 55.1 Å². The molecule has 0 radical (unpaired) electrons. The predicted octanol–water partition coefficient (Wildman–Crippen LogP) is 5.07. The van der Waals surface area contributed by atoms with Crippen molar-refractivity contribution < 1.29 is 4.79 Å². The zero-order chi connectivity index (χ0) is 20.9. The summed E-state index contributed by atoms with van der Waals surface area (Å²) < 4.78 is 0. The van der Waals surface area contributed by atoms with Crippen LogP contribution in [0.25, 0.3) is 22.0 Å². The number of hydrogen-bond acceptors (Lipinski definition) is 2. The molecule has 158 valence electrons. The lowest BCUT2D eigenvalue weighted by atomic mass is 9.94.